The van der Waals surface area contributed by atoms with Crippen molar-refractivity contribution in [3.05, 3.63) is 46.7 Å². The van der Waals surface area contributed by atoms with Crippen molar-refractivity contribution in [3.8, 4) is 5.75 Å². The number of carbonyl (C=O) groups is 1. The number of piperazine rings is 1. The Morgan fingerprint density at radius 2 is 1.84 bits per heavy atom. The van der Waals surface area contributed by atoms with E-state index in [0.29, 0.717) is 13.1 Å². The SMILES string of the molecule is COc1ccccc1N1CCN(C(=O)c2cc(Br)cn2C(C)C)CC1. The highest BCUT2D eigenvalue weighted by Gasteiger charge is 2.26. The van der Waals surface area contributed by atoms with Gasteiger partial charge < -0.3 is 19.1 Å². The molecule has 5 nitrogen and oxygen atoms in total. The van der Waals surface area contributed by atoms with Crippen molar-refractivity contribution in [2.75, 3.05) is 38.2 Å². The van der Waals surface area contributed by atoms with Gasteiger partial charge in [-0.25, -0.2) is 0 Å². The molecular weight excluding hydrogens is 382 g/mol. The second kappa shape index (κ2) is 7.52. The van der Waals surface area contributed by atoms with Crippen LogP contribution in [0.4, 0.5) is 5.69 Å². The van der Waals surface area contributed by atoms with Crippen LogP contribution in [-0.4, -0.2) is 48.7 Å². The van der Waals surface area contributed by atoms with Crippen molar-refractivity contribution >= 4 is 27.5 Å². The smallest absolute Gasteiger partial charge is 0.270 e. The van der Waals surface area contributed by atoms with Crippen LogP contribution < -0.4 is 9.64 Å². The number of hydrogen-bond acceptors (Lipinski definition) is 3. The van der Waals surface area contributed by atoms with Gasteiger partial charge in [-0.2, -0.15) is 0 Å². The fourth-order valence-corrected chi connectivity index (χ4v) is 3.69. The van der Waals surface area contributed by atoms with Crippen LogP contribution in [0.1, 0.15) is 30.4 Å². The molecule has 0 N–H and O–H groups in total. The number of amides is 1. The maximum atomic E-state index is 12.9. The van der Waals surface area contributed by atoms with Crippen LogP contribution in [0.2, 0.25) is 0 Å². The van der Waals surface area contributed by atoms with E-state index in [1.54, 1.807) is 7.11 Å². The minimum absolute atomic E-state index is 0.0964. The van der Waals surface area contributed by atoms with Crippen LogP contribution >= 0.6 is 15.9 Å². The summed E-state index contributed by atoms with van der Waals surface area (Å²) >= 11 is 3.49. The lowest BCUT2D eigenvalue weighted by atomic mass is 10.2. The van der Waals surface area contributed by atoms with E-state index < -0.39 is 0 Å². The summed E-state index contributed by atoms with van der Waals surface area (Å²) in [6.07, 6.45) is 1.98. The molecule has 1 fully saturated rings. The van der Waals surface area contributed by atoms with E-state index in [-0.39, 0.29) is 11.9 Å². The van der Waals surface area contributed by atoms with Crippen molar-refractivity contribution < 1.29 is 9.53 Å². The first-order chi connectivity index (χ1) is 12.0. The highest BCUT2D eigenvalue weighted by atomic mass is 79.9. The van der Waals surface area contributed by atoms with E-state index in [2.05, 4.69) is 40.7 Å². The third-order valence-corrected chi connectivity index (χ3v) is 5.02. The van der Waals surface area contributed by atoms with Gasteiger partial charge in [0, 0.05) is 42.9 Å². The molecule has 0 atom stereocenters. The summed E-state index contributed by atoms with van der Waals surface area (Å²) in [6.45, 7) is 7.19. The van der Waals surface area contributed by atoms with Gasteiger partial charge in [-0.05, 0) is 48.0 Å². The Morgan fingerprint density at radius 1 is 1.16 bits per heavy atom. The van der Waals surface area contributed by atoms with Gasteiger partial charge in [-0.3, -0.25) is 4.79 Å². The van der Waals surface area contributed by atoms with Crippen LogP contribution in [0.15, 0.2) is 41.0 Å². The van der Waals surface area contributed by atoms with E-state index in [0.717, 1.165) is 34.7 Å². The van der Waals surface area contributed by atoms with Gasteiger partial charge in [0.2, 0.25) is 0 Å². The Labute approximate surface area is 157 Å². The molecule has 0 unspecified atom stereocenters. The van der Waals surface area contributed by atoms with Crippen molar-refractivity contribution in [1.82, 2.24) is 9.47 Å². The summed E-state index contributed by atoms with van der Waals surface area (Å²) in [5.74, 6) is 0.971. The Kier molecular flexibility index (Phi) is 5.37. The number of rotatable bonds is 4. The summed E-state index contributed by atoms with van der Waals surface area (Å²) < 4.78 is 8.42. The maximum Gasteiger partial charge on any atom is 0.270 e. The van der Waals surface area contributed by atoms with E-state index in [1.165, 1.54) is 0 Å². The molecule has 6 heteroatoms. The summed E-state index contributed by atoms with van der Waals surface area (Å²) in [6, 6.07) is 10.2. The van der Waals surface area contributed by atoms with Gasteiger partial charge in [0.15, 0.2) is 0 Å². The summed E-state index contributed by atoms with van der Waals surface area (Å²) in [5, 5.41) is 0. The van der Waals surface area contributed by atoms with Gasteiger partial charge >= 0.3 is 0 Å². The predicted octanol–water partition coefficient (Wildman–Crippen LogP) is 3.80. The highest BCUT2D eigenvalue weighted by Crippen LogP contribution is 2.29. The average molecular weight is 406 g/mol. The van der Waals surface area contributed by atoms with Crippen molar-refractivity contribution in [1.29, 1.82) is 0 Å². The number of ether oxygens (including phenoxy) is 1. The molecular formula is C19H24BrN3O2. The molecule has 1 saturated heterocycles. The zero-order valence-electron chi connectivity index (χ0n) is 14.9. The number of carbonyl (C=O) groups excluding carboxylic acids is 1. The third-order valence-electron chi connectivity index (χ3n) is 4.58. The first-order valence-corrected chi connectivity index (χ1v) is 9.35. The zero-order valence-corrected chi connectivity index (χ0v) is 16.5. The normalized spacial score (nSPS) is 14.9. The minimum atomic E-state index is 0.0964. The topological polar surface area (TPSA) is 37.7 Å². The van der Waals surface area contributed by atoms with Gasteiger partial charge in [-0.15, -0.1) is 0 Å². The summed E-state index contributed by atoms with van der Waals surface area (Å²) in [5.41, 5.74) is 1.83. The largest absolute Gasteiger partial charge is 0.495 e. The fraction of sp³-hybridized carbons (Fsp3) is 0.421. The second-order valence-electron chi connectivity index (χ2n) is 6.50. The van der Waals surface area contributed by atoms with Crippen molar-refractivity contribution in [2.45, 2.75) is 19.9 Å². The monoisotopic (exact) mass is 405 g/mol. The molecule has 2 heterocycles. The van der Waals surface area contributed by atoms with Crippen LogP contribution in [0.5, 0.6) is 5.75 Å². The van der Waals surface area contributed by atoms with Crippen molar-refractivity contribution in [3.63, 3.8) is 0 Å². The molecule has 1 aliphatic rings. The average Bonchev–Trinajstić information content (AvgIpc) is 3.03. The van der Waals surface area contributed by atoms with Gasteiger partial charge in [0.1, 0.15) is 11.4 Å². The fourth-order valence-electron chi connectivity index (χ4n) is 3.25. The van der Waals surface area contributed by atoms with Crippen LogP contribution in [0.3, 0.4) is 0 Å². The van der Waals surface area contributed by atoms with E-state index >= 15 is 0 Å². The number of anilines is 1. The number of hydrogen-bond donors (Lipinski definition) is 0. The number of nitrogens with zero attached hydrogens (tertiary/aromatic N) is 3. The molecule has 134 valence electrons. The minimum Gasteiger partial charge on any atom is -0.495 e. The number of para-hydroxylation sites is 2. The number of halogens is 1. The molecule has 25 heavy (non-hydrogen) atoms. The summed E-state index contributed by atoms with van der Waals surface area (Å²) in [4.78, 5) is 17.2. The molecule has 1 aromatic carbocycles. The quantitative estimate of drug-likeness (QED) is 0.775. The number of benzene rings is 1. The van der Waals surface area contributed by atoms with Gasteiger partial charge in [-0.1, -0.05) is 12.1 Å². The molecule has 0 bridgehead atoms. The molecule has 0 saturated carbocycles. The molecule has 1 aromatic heterocycles. The molecule has 0 aliphatic carbocycles. The van der Waals surface area contributed by atoms with E-state index in [9.17, 15) is 4.79 Å². The molecule has 0 spiro atoms. The molecule has 3 rings (SSSR count). The van der Waals surface area contributed by atoms with Crippen LogP contribution in [0, 0.1) is 0 Å². The lowest BCUT2D eigenvalue weighted by Crippen LogP contribution is -2.49. The van der Waals surface area contributed by atoms with Crippen LogP contribution in [-0.2, 0) is 0 Å². The Morgan fingerprint density at radius 3 is 2.48 bits per heavy atom. The lowest BCUT2D eigenvalue weighted by Gasteiger charge is -2.36. The maximum absolute atomic E-state index is 12.9. The Bertz CT molecular complexity index is 749. The Balaban J connectivity index is 1.71. The second-order valence-corrected chi connectivity index (χ2v) is 7.41. The first kappa shape index (κ1) is 17.9. The van der Waals surface area contributed by atoms with Crippen molar-refractivity contribution in [2.24, 2.45) is 0 Å². The highest BCUT2D eigenvalue weighted by molar-refractivity contribution is 9.10. The van der Waals surface area contributed by atoms with Crippen LogP contribution in [0.25, 0.3) is 0 Å². The van der Waals surface area contributed by atoms with Gasteiger partial charge in [0.05, 0.1) is 12.8 Å². The summed E-state index contributed by atoms with van der Waals surface area (Å²) in [7, 11) is 1.69. The number of aromatic nitrogens is 1. The molecule has 2 aromatic rings. The zero-order chi connectivity index (χ0) is 18.0. The first-order valence-electron chi connectivity index (χ1n) is 8.56. The van der Waals surface area contributed by atoms with E-state index in [1.807, 2.05) is 39.9 Å². The Hall–Kier alpha value is -1.95. The number of methoxy groups -OCH3 is 1. The third kappa shape index (κ3) is 3.68. The standard InChI is InChI=1S/C19H24BrN3O2/c1-14(2)23-13-15(20)12-17(23)19(24)22-10-8-21(9-11-22)16-6-4-5-7-18(16)25-3/h4-7,12-14H,8-11H2,1-3H3. The molecule has 1 amide bonds. The molecule has 1 aliphatic heterocycles. The predicted molar refractivity (Wildman–Crippen MR) is 104 cm³/mol. The van der Waals surface area contributed by atoms with Gasteiger partial charge in [0.25, 0.3) is 5.91 Å². The van der Waals surface area contributed by atoms with E-state index in [4.69, 9.17) is 4.74 Å². The molecule has 0 radical (unpaired) electrons. The lowest BCUT2D eigenvalue weighted by molar-refractivity contribution is 0.0734.